The minimum Gasteiger partial charge on any atom is -0.379 e. The van der Waals surface area contributed by atoms with Crippen LogP contribution in [-0.2, 0) is 14.9 Å². The fourth-order valence-corrected chi connectivity index (χ4v) is 5.76. The summed E-state index contributed by atoms with van der Waals surface area (Å²) in [5, 5.41) is 13.9. The van der Waals surface area contributed by atoms with Crippen LogP contribution in [0.2, 0.25) is 0 Å². The van der Waals surface area contributed by atoms with Gasteiger partial charge in [0.25, 0.3) is 17.5 Å². The van der Waals surface area contributed by atoms with Crippen molar-refractivity contribution in [2.75, 3.05) is 0 Å². The second-order valence-electron chi connectivity index (χ2n) is 7.25. The summed E-state index contributed by atoms with van der Waals surface area (Å²) in [7, 11) is -4.32. The summed E-state index contributed by atoms with van der Waals surface area (Å²) in [5.41, 5.74) is 3.02. The first-order valence-electron chi connectivity index (χ1n) is 9.97. The molecule has 0 spiro atoms. The van der Waals surface area contributed by atoms with E-state index in [4.69, 9.17) is 16.4 Å². The van der Waals surface area contributed by atoms with Crippen molar-refractivity contribution in [2.24, 2.45) is 0 Å². The Morgan fingerprint density at radius 2 is 1.92 bits per heavy atom. The molecule has 1 aliphatic rings. The van der Waals surface area contributed by atoms with E-state index in [0.717, 1.165) is 22.8 Å². The zero-order valence-corrected chi connectivity index (χ0v) is 21.5. The SMILES string of the molecule is Cc1ccc(S(=O)(=O)Oc2ccc(/C=C3\SC(=S)N(NC(=O)c4cccs4)C3=O)cc2)cc1[N+](=O)[O-]. The van der Waals surface area contributed by atoms with Crippen molar-refractivity contribution in [1.82, 2.24) is 10.4 Å². The second-order valence-corrected chi connectivity index (χ2v) is 11.4. The Morgan fingerprint density at radius 3 is 2.56 bits per heavy atom. The number of hydrogen-bond acceptors (Lipinski definition) is 10. The van der Waals surface area contributed by atoms with Crippen molar-refractivity contribution >= 4 is 73.3 Å². The molecule has 0 aliphatic carbocycles. The standard InChI is InChI=1S/C22H15N3O7S4/c1-13-4-9-16(12-17(13)25(28)29)36(30,31)32-15-7-5-14(6-8-15)11-19-21(27)24(22(33)35-19)23-20(26)18-3-2-10-34-18/h2-12H,1H3,(H,23,26)/b19-11-. The van der Waals surface area contributed by atoms with Gasteiger partial charge in [0.15, 0.2) is 4.32 Å². The molecule has 0 radical (unpaired) electrons. The number of thioether (sulfide) groups is 1. The Balaban J connectivity index is 1.47. The normalized spacial score (nSPS) is 14.8. The highest BCUT2D eigenvalue weighted by atomic mass is 32.2. The van der Waals surface area contributed by atoms with Crippen molar-refractivity contribution in [2.45, 2.75) is 11.8 Å². The van der Waals surface area contributed by atoms with E-state index in [1.807, 2.05) is 0 Å². The van der Waals surface area contributed by atoms with Crippen molar-refractivity contribution in [3.63, 3.8) is 0 Å². The Bertz CT molecular complexity index is 1520. The van der Waals surface area contributed by atoms with Crippen LogP contribution in [0.4, 0.5) is 5.69 Å². The largest absolute Gasteiger partial charge is 0.379 e. The lowest BCUT2D eigenvalue weighted by Gasteiger charge is -2.14. The number of carbonyl (C=O) groups excluding carboxylic acids is 2. The van der Waals surface area contributed by atoms with Crippen LogP contribution in [0.3, 0.4) is 0 Å². The van der Waals surface area contributed by atoms with Crippen LogP contribution in [0, 0.1) is 17.0 Å². The van der Waals surface area contributed by atoms with Gasteiger partial charge in [0, 0.05) is 11.6 Å². The first kappa shape index (κ1) is 25.5. The lowest BCUT2D eigenvalue weighted by atomic mass is 10.2. The number of nitrogens with zero attached hydrogens (tertiary/aromatic N) is 2. The highest BCUT2D eigenvalue weighted by molar-refractivity contribution is 8.26. The van der Waals surface area contributed by atoms with Crippen molar-refractivity contribution in [3.8, 4) is 5.75 Å². The lowest BCUT2D eigenvalue weighted by molar-refractivity contribution is -0.385. The Morgan fingerprint density at radius 1 is 1.19 bits per heavy atom. The van der Waals surface area contributed by atoms with Crippen molar-refractivity contribution < 1.29 is 27.1 Å². The average molecular weight is 562 g/mol. The lowest BCUT2D eigenvalue weighted by Crippen LogP contribution is -2.44. The number of aryl methyl sites for hydroxylation is 1. The molecule has 3 aromatic rings. The summed E-state index contributed by atoms with van der Waals surface area (Å²) in [4.78, 5) is 35.8. The maximum Gasteiger partial charge on any atom is 0.339 e. The highest BCUT2D eigenvalue weighted by Gasteiger charge is 2.34. The van der Waals surface area contributed by atoms with Crippen molar-refractivity contribution in [1.29, 1.82) is 0 Å². The fourth-order valence-electron chi connectivity index (χ4n) is 3.02. The van der Waals surface area contributed by atoms with Crippen molar-refractivity contribution in [3.05, 3.63) is 91.0 Å². The minimum absolute atomic E-state index is 0.0221. The van der Waals surface area contributed by atoms with Gasteiger partial charge in [0.2, 0.25) is 0 Å². The molecule has 0 saturated carbocycles. The molecule has 1 aliphatic heterocycles. The fraction of sp³-hybridized carbons (Fsp3) is 0.0455. The number of thiocarbonyl (C=S) groups is 1. The van der Waals surface area contributed by atoms with E-state index >= 15 is 0 Å². The Kier molecular flexibility index (Phi) is 7.21. The third-order valence-electron chi connectivity index (χ3n) is 4.80. The predicted molar refractivity (Wildman–Crippen MR) is 139 cm³/mol. The number of benzene rings is 2. The molecule has 1 fully saturated rings. The summed E-state index contributed by atoms with van der Waals surface area (Å²) < 4.78 is 30.4. The maximum atomic E-state index is 12.7. The number of hydrazine groups is 1. The van der Waals surface area contributed by atoms with Gasteiger partial charge in [-0.25, -0.2) is 0 Å². The van der Waals surface area contributed by atoms with Gasteiger partial charge >= 0.3 is 10.1 Å². The molecule has 10 nitrogen and oxygen atoms in total. The minimum atomic E-state index is -4.32. The van der Waals surface area contributed by atoms with Crippen LogP contribution in [0.25, 0.3) is 6.08 Å². The molecule has 4 rings (SSSR count). The number of nitrogens with one attached hydrogen (secondary N) is 1. The molecule has 14 heteroatoms. The molecule has 0 unspecified atom stereocenters. The van der Waals surface area contributed by atoms with Crippen LogP contribution >= 0.6 is 35.3 Å². The first-order valence-corrected chi connectivity index (χ1v) is 13.5. The number of thiophene rings is 1. The molecular weight excluding hydrogens is 547 g/mol. The molecule has 1 N–H and O–H groups in total. The maximum absolute atomic E-state index is 12.7. The number of nitro benzene ring substituents is 1. The zero-order valence-electron chi connectivity index (χ0n) is 18.2. The third-order valence-corrected chi connectivity index (χ3v) is 8.22. The summed E-state index contributed by atoms with van der Waals surface area (Å²) >= 11 is 7.44. The third kappa shape index (κ3) is 5.46. The first-order chi connectivity index (χ1) is 17.0. The summed E-state index contributed by atoms with van der Waals surface area (Å²) in [6.07, 6.45) is 1.54. The molecule has 2 amide bonds. The zero-order chi connectivity index (χ0) is 26.0. The van der Waals surface area contributed by atoms with Gasteiger partial charge in [0.05, 0.1) is 14.7 Å². The summed E-state index contributed by atoms with van der Waals surface area (Å²) in [6, 6.07) is 12.7. The molecule has 184 valence electrons. The molecule has 2 heterocycles. The Labute approximate surface area is 218 Å². The summed E-state index contributed by atoms with van der Waals surface area (Å²) in [6.45, 7) is 1.50. The smallest absolute Gasteiger partial charge is 0.339 e. The van der Waals surface area contributed by atoms with Crippen LogP contribution in [0.1, 0.15) is 20.8 Å². The van der Waals surface area contributed by atoms with Gasteiger partial charge in [-0.1, -0.05) is 36.0 Å². The number of hydrogen-bond donors (Lipinski definition) is 1. The van der Waals surface area contributed by atoms with Gasteiger partial charge in [-0.2, -0.15) is 13.4 Å². The van der Waals surface area contributed by atoms with E-state index in [1.165, 1.54) is 60.7 Å². The van der Waals surface area contributed by atoms with E-state index in [-0.39, 0.29) is 25.6 Å². The van der Waals surface area contributed by atoms with Crippen LogP contribution < -0.4 is 9.61 Å². The van der Waals surface area contributed by atoms with E-state index in [2.05, 4.69) is 5.43 Å². The van der Waals surface area contributed by atoms with Gasteiger partial charge < -0.3 is 4.18 Å². The highest BCUT2D eigenvalue weighted by Crippen LogP contribution is 2.32. The van der Waals surface area contributed by atoms with Crippen LogP contribution in [-0.4, -0.2) is 34.5 Å². The van der Waals surface area contributed by atoms with E-state index in [1.54, 1.807) is 17.5 Å². The molecule has 0 atom stereocenters. The number of carbonyl (C=O) groups is 2. The average Bonchev–Trinajstić information content (AvgIpc) is 3.45. The number of nitro groups is 1. The van der Waals surface area contributed by atoms with Crippen LogP contribution in [0.15, 0.2) is 69.8 Å². The van der Waals surface area contributed by atoms with Crippen LogP contribution in [0.5, 0.6) is 5.75 Å². The van der Waals surface area contributed by atoms with Gasteiger partial charge in [-0.05, 0) is 60.4 Å². The number of rotatable bonds is 7. The summed E-state index contributed by atoms with van der Waals surface area (Å²) in [5.74, 6) is -0.978. The monoisotopic (exact) mass is 561 g/mol. The molecule has 1 aromatic heterocycles. The second kappa shape index (κ2) is 10.2. The molecule has 2 aromatic carbocycles. The number of amides is 2. The van der Waals surface area contributed by atoms with E-state index in [0.29, 0.717) is 16.0 Å². The Hall–Kier alpha value is -3.59. The molecule has 0 bridgehead atoms. The van der Waals surface area contributed by atoms with Gasteiger partial charge in [0.1, 0.15) is 10.6 Å². The molecule has 1 saturated heterocycles. The quantitative estimate of drug-likeness (QED) is 0.147. The predicted octanol–water partition coefficient (Wildman–Crippen LogP) is 4.28. The van der Waals surface area contributed by atoms with E-state index in [9.17, 15) is 28.1 Å². The molecule has 36 heavy (non-hydrogen) atoms. The molecular formula is C22H15N3O7S4. The topological polar surface area (TPSA) is 136 Å². The van der Waals surface area contributed by atoms with E-state index < -0.39 is 26.9 Å². The van der Waals surface area contributed by atoms with Gasteiger partial charge in [-0.3, -0.25) is 25.1 Å². The van der Waals surface area contributed by atoms with Gasteiger partial charge in [-0.15, -0.1) is 11.3 Å².